The number of nitrogens with zero attached hydrogens (tertiary/aromatic N) is 6. The molecule has 0 spiro atoms. The highest BCUT2D eigenvalue weighted by atomic mass is 19.1. The van der Waals surface area contributed by atoms with Crippen molar-refractivity contribution >= 4 is 11.6 Å². The summed E-state index contributed by atoms with van der Waals surface area (Å²) in [5.41, 5.74) is 9.52. The number of anilines is 1. The number of hydrogen-bond donors (Lipinski definition) is 1. The average molecular weight is 417 g/mol. The number of aromatic nitrogens is 6. The first-order valence-corrected chi connectivity index (χ1v) is 9.56. The number of hydrogen-bond acceptors (Lipinski definition) is 5. The van der Waals surface area contributed by atoms with Crippen molar-refractivity contribution in [1.82, 2.24) is 29.4 Å². The Morgan fingerprint density at radius 3 is 2.58 bits per heavy atom. The Morgan fingerprint density at radius 2 is 1.77 bits per heavy atom. The topological polar surface area (TPSA) is 86.9 Å². The number of nitrogens with two attached hydrogens (primary N) is 1. The minimum atomic E-state index is -0.590. The third kappa shape index (κ3) is 3.50. The van der Waals surface area contributed by atoms with Crippen LogP contribution in [0, 0.1) is 11.8 Å². The van der Waals surface area contributed by atoms with Gasteiger partial charge in [-0.25, -0.2) is 13.9 Å². The zero-order valence-electron chi connectivity index (χ0n) is 16.4. The van der Waals surface area contributed by atoms with Crippen molar-refractivity contribution in [2.75, 3.05) is 5.73 Å². The molecule has 2 N–H and O–H groups in total. The van der Waals surface area contributed by atoms with Crippen LogP contribution in [0.5, 0.6) is 0 Å². The summed E-state index contributed by atoms with van der Waals surface area (Å²) >= 11 is 0. The van der Waals surface area contributed by atoms with Gasteiger partial charge in [0, 0.05) is 35.3 Å². The largest absolute Gasteiger partial charge is 0.366 e. The van der Waals surface area contributed by atoms with E-state index in [0.717, 1.165) is 16.7 Å². The molecule has 0 bridgehead atoms. The van der Waals surface area contributed by atoms with Crippen LogP contribution in [0.1, 0.15) is 18.5 Å². The van der Waals surface area contributed by atoms with Crippen molar-refractivity contribution < 1.29 is 8.78 Å². The van der Waals surface area contributed by atoms with E-state index in [1.165, 1.54) is 22.8 Å². The first kappa shape index (κ1) is 18.9. The van der Waals surface area contributed by atoms with E-state index >= 15 is 0 Å². The van der Waals surface area contributed by atoms with Gasteiger partial charge in [-0.3, -0.25) is 4.68 Å². The molecule has 0 radical (unpaired) electrons. The van der Waals surface area contributed by atoms with E-state index < -0.39 is 5.95 Å². The summed E-state index contributed by atoms with van der Waals surface area (Å²) in [5, 5.41) is 8.45. The van der Waals surface area contributed by atoms with Gasteiger partial charge in [0.2, 0.25) is 11.9 Å². The molecule has 9 heteroatoms. The molecule has 0 aliphatic carbocycles. The quantitative estimate of drug-likeness (QED) is 0.445. The van der Waals surface area contributed by atoms with Gasteiger partial charge < -0.3 is 5.73 Å². The Balaban J connectivity index is 1.49. The molecule has 0 aliphatic heterocycles. The highest BCUT2D eigenvalue weighted by Gasteiger charge is 2.14. The Bertz CT molecular complexity index is 1390. The molecule has 4 aromatic heterocycles. The van der Waals surface area contributed by atoms with Crippen molar-refractivity contribution in [2.24, 2.45) is 0 Å². The van der Waals surface area contributed by atoms with Gasteiger partial charge in [0.05, 0.1) is 12.2 Å². The maximum atomic E-state index is 14.5. The van der Waals surface area contributed by atoms with Crippen LogP contribution in [0.2, 0.25) is 0 Å². The first-order valence-electron chi connectivity index (χ1n) is 9.56. The fourth-order valence-corrected chi connectivity index (χ4v) is 3.47. The lowest BCUT2D eigenvalue weighted by molar-refractivity contribution is 0.561. The predicted octanol–water partition coefficient (Wildman–Crippen LogP) is 4.12. The highest BCUT2D eigenvalue weighted by Crippen LogP contribution is 2.29. The molecule has 4 heterocycles. The highest BCUT2D eigenvalue weighted by molar-refractivity contribution is 5.73. The number of benzene rings is 1. The summed E-state index contributed by atoms with van der Waals surface area (Å²) in [6.07, 6.45) is 6.69. The maximum absolute atomic E-state index is 14.5. The van der Waals surface area contributed by atoms with E-state index in [0.29, 0.717) is 16.8 Å². The van der Waals surface area contributed by atoms with E-state index in [2.05, 4.69) is 20.2 Å². The van der Waals surface area contributed by atoms with Gasteiger partial charge in [-0.15, -0.1) is 5.10 Å². The Morgan fingerprint density at radius 1 is 0.968 bits per heavy atom. The molecule has 154 valence electrons. The third-order valence-corrected chi connectivity index (χ3v) is 5.19. The fraction of sp³-hybridized carbons (Fsp3) is 0.0909. The van der Waals surface area contributed by atoms with Crippen molar-refractivity contribution in [1.29, 1.82) is 0 Å². The summed E-state index contributed by atoms with van der Waals surface area (Å²) in [5.74, 6) is -0.728. The third-order valence-electron chi connectivity index (χ3n) is 5.19. The maximum Gasteiger partial charge on any atom is 0.240 e. The Hall–Kier alpha value is -4.14. The number of nitrogen functional groups attached to an aromatic ring is 1. The smallest absolute Gasteiger partial charge is 0.240 e. The molecule has 0 saturated carbocycles. The van der Waals surface area contributed by atoms with Gasteiger partial charge in [-0.2, -0.15) is 14.5 Å². The number of halogens is 2. The molecule has 5 aromatic rings. The minimum Gasteiger partial charge on any atom is -0.366 e. The van der Waals surface area contributed by atoms with E-state index in [9.17, 15) is 8.78 Å². The second-order valence-corrected chi connectivity index (χ2v) is 7.19. The van der Waals surface area contributed by atoms with E-state index in [4.69, 9.17) is 5.73 Å². The molecule has 5 rings (SSSR count). The van der Waals surface area contributed by atoms with Crippen LogP contribution in [0.15, 0.2) is 67.3 Å². The van der Waals surface area contributed by atoms with Crippen molar-refractivity contribution in [3.63, 3.8) is 0 Å². The molecule has 0 saturated heterocycles. The van der Waals surface area contributed by atoms with Crippen molar-refractivity contribution in [3.05, 3.63) is 84.6 Å². The molecule has 31 heavy (non-hydrogen) atoms. The van der Waals surface area contributed by atoms with E-state index in [1.54, 1.807) is 47.4 Å². The van der Waals surface area contributed by atoms with E-state index in [-0.39, 0.29) is 17.8 Å². The summed E-state index contributed by atoms with van der Waals surface area (Å²) in [7, 11) is 0. The SMILES string of the molecule is CC(c1ccc(F)cc1)n1cc(-c2cnc(F)c(-c3ccn4nc(N)nc4c3)c2)cn1. The number of rotatable bonds is 4. The molecule has 1 aromatic carbocycles. The molecular formula is C22H17F2N7. The van der Waals surface area contributed by atoms with Gasteiger partial charge in [-0.1, -0.05) is 12.1 Å². The monoisotopic (exact) mass is 417 g/mol. The first-order chi connectivity index (χ1) is 15.0. The van der Waals surface area contributed by atoms with Gasteiger partial charge in [0.1, 0.15) is 5.82 Å². The van der Waals surface area contributed by atoms with Crippen LogP contribution in [0.25, 0.3) is 27.9 Å². The fourth-order valence-electron chi connectivity index (χ4n) is 3.47. The summed E-state index contributed by atoms with van der Waals surface area (Å²) in [4.78, 5) is 8.04. The second-order valence-electron chi connectivity index (χ2n) is 7.19. The second kappa shape index (κ2) is 7.28. The molecule has 0 fully saturated rings. The van der Waals surface area contributed by atoms with Crippen LogP contribution < -0.4 is 5.73 Å². The lowest BCUT2D eigenvalue weighted by Crippen LogP contribution is -2.06. The summed E-state index contributed by atoms with van der Waals surface area (Å²) in [6, 6.07) is 11.4. The normalized spacial score (nSPS) is 12.4. The number of pyridine rings is 2. The number of fused-ring (bicyclic) bond motifs is 1. The minimum absolute atomic E-state index is 0.0944. The molecular weight excluding hydrogens is 400 g/mol. The van der Waals surface area contributed by atoms with Gasteiger partial charge in [-0.05, 0) is 48.4 Å². The molecule has 0 amide bonds. The zero-order valence-corrected chi connectivity index (χ0v) is 16.4. The zero-order chi connectivity index (χ0) is 21.5. The van der Waals surface area contributed by atoms with Crippen LogP contribution in [0.4, 0.5) is 14.7 Å². The van der Waals surface area contributed by atoms with Crippen molar-refractivity contribution in [3.8, 4) is 22.3 Å². The Labute approximate surface area is 175 Å². The van der Waals surface area contributed by atoms with Crippen LogP contribution in [0.3, 0.4) is 0 Å². The predicted molar refractivity (Wildman–Crippen MR) is 112 cm³/mol. The molecule has 1 unspecified atom stereocenters. The van der Waals surface area contributed by atoms with Crippen LogP contribution >= 0.6 is 0 Å². The van der Waals surface area contributed by atoms with Crippen molar-refractivity contribution in [2.45, 2.75) is 13.0 Å². The van der Waals surface area contributed by atoms with E-state index in [1.807, 2.05) is 13.1 Å². The molecule has 1 atom stereocenters. The van der Waals surface area contributed by atoms with Crippen LogP contribution in [-0.4, -0.2) is 29.4 Å². The molecule has 0 aliphatic rings. The van der Waals surface area contributed by atoms with Gasteiger partial charge in [0.25, 0.3) is 0 Å². The van der Waals surface area contributed by atoms with Gasteiger partial charge in [0.15, 0.2) is 5.65 Å². The molecule has 7 nitrogen and oxygen atoms in total. The Kier molecular flexibility index (Phi) is 4.43. The average Bonchev–Trinajstić information content (AvgIpc) is 3.40. The standard InChI is InChI=1S/C22H17F2N7/c1-13(14-2-4-18(23)5-3-14)31-12-17(11-27-31)16-8-19(21(24)26-10-16)15-6-7-30-20(9-15)28-22(25)29-30/h2-13H,1H3,(H2,25,29). The summed E-state index contributed by atoms with van der Waals surface area (Å²) in [6.45, 7) is 1.97. The van der Waals surface area contributed by atoms with Gasteiger partial charge >= 0.3 is 0 Å². The summed E-state index contributed by atoms with van der Waals surface area (Å²) < 4.78 is 31.0. The van der Waals surface area contributed by atoms with Crippen LogP contribution in [-0.2, 0) is 0 Å². The lowest BCUT2D eigenvalue weighted by Gasteiger charge is -2.12. The lowest BCUT2D eigenvalue weighted by atomic mass is 10.0.